The molecular weight excluding hydrogens is 428 g/mol. The van der Waals surface area contributed by atoms with Crippen molar-refractivity contribution in [2.75, 3.05) is 11.5 Å². The van der Waals surface area contributed by atoms with Crippen LogP contribution in [-0.4, -0.2) is 17.5 Å². The maximum Gasteiger partial charge on any atom is 0.296 e. The highest BCUT2D eigenvalue weighted by Crippen LogP contribution is 2.41. The Kier molecular flexibility index (Phi) is 4.99. The van der Waals surface area contributed by atoms with Gasteiger partial charge < -0.3 is 9.15 Å². The van der Waals surface area contributed by atoms with E-state index >= 15 is 0 Å². The Hall–Kier alpha value is -3.90. The molecule has 1 amide bonds. The first-order chi connectivity index (χ1) is 15.6. The van der Waals surface area contributed by atoms with E-state index in [1.165, 1.54) is 4.90 Å². The van der Waals surface area contributed by atoms with Crippen molar-refractivity contribution in [3.05, 3.63) is 112 Å². The number of hydrogen-bond acceptors (Lipinski definition) is 5. The van der Waals surface area contributed by atoms with Crippen molar-refractivity contribution in [1.29, 1.82) is 0 Å². The topological polar surface area (TPSA) is 72.6 Å². The molecule has 0 radical (unpaired) electrons. The number of hydrogen-bond donors (Lipinski definition) is 0. The monoisotopic (exact) mass is 444 g/mol. The summed E-state index contributed by atoms with van der Waals surface area (Å²) in [6.07, 6.45) is 3.24. The average Bonchev–Trinajstić information content (AvgIpc) is 3.11. The summed E-state index contributed by atoms with van der Waals surface area (Å²) in [6.45, 7) is 4.00. The third kappa shape index (κ3) is 3.25. The normalized spacial score (nSPS) is 15.1. The Labute approximate surface area is 188 Å². The van der Waals surface area contributed by atoms with Gasteiger partial charge >= 0.3 is 0 Å². The van der Waals surface area contributed by atoms with E-state index < -0.39 is 11.9 Å². The quantitative estimate of drug-likeness (QED) is 0.398. The molecule has 0 saturated carbocycles. The van der Waals surface area contributed by atoms with E-state index in [9.17, 15) is 9.59 Å². The second-order valence-electron chi connectivity index (χ2n) is 7.25. The predicted molar refractivity (Wildman–Crippen MR) is 123 cm³/mol. The van der Waals surface area contributed by atoms with Gasteiger partial charge in [-0.2, -0.15) is 0 Å². The summed E-state index contributed by atoms with van der Waals surface area (Å²) in [5.74, 6) is 0.568. The number of benzene rings is 2. The third-order valence-corrected chi connectivity index (χ3v) is 5.51. The van der Waals surface area contributed by atoms with Crippen LogP contribution >= 0.6 is 11.6 Å². The van der Waals surface area contributed by atoms with Crippen LogP contribution in [0.4, 0.5) is 5.82 Å². The highest BCUT2D eigenvalue weighted by Gasteiger charge is 2.44. The Morgan fingerprint density at radius 2 is 2.00 bits per heavy atom. The van der Waals surface area contributed by atoms with E-state index in [4.69, 9.17) is 20.8 Å². The van der Waals surface area contributed by atoms with Crippen LogP contribution in [0.1, 0.15) is 27.7 Å². The van der Waals surface area contributed by atoms with E-state index in [1.807, 2.05) is 12.1 Å². The molecule has 0 spiro atoms. The molecule has 3 heterocycles. The molecule has 1 atom stereocenters. The van der Waals surface area contributed by atoms with Gasteiger partial charge in [0.05, 0.1) is 17.0 Å². The number of fused-ring (bicyclic) bond motifs is 2. The molecule has 1 unspecified atom stereocenters. The molecular formula is C25H17ClN2O4. The highest BCUT2D eigenvalue weighted by atomic mass is 35.5. The molecule has 0 saturated heterocycles. The molecule has 2 aromatic heterocycles. The Morgan fingerprint density at radius 3 is 2.78 bits per heavy atom. The van der Waals surface area contributed by atoms with Crippen LogP contribution in [-0.2, 0) is 0 Å². The lowest BCUT2D eigenvalue weighted by Gasteiger charge is -2.24. The van der Waals surface area contributed by atoms with E-state index in [-0.39, 0.29) is 16.8 Å². The summed E-state index contributed by atoms with van der Waals surface area (Å²) in [6, 6.07) is 16.5. The Balaban J connectivity index is 1.77. The SMILES string of the molecule is C=CCOc1cccc(C2c3c(oc4ccc(Cl)cc4c3=O)C(=O)N2c2ccccn2)c1. The Morgan fingerprint density at radius 1 is 1.12 bits per heavy atom. The highest BCUT2D eigenvalue weighted by molar-refractivity contribution is 6.31. The second-order valence-corrected chi connectivity index (χ2v) is 7.69. The third-order valence-electron chi connectivity index (χ3n) is 5.27. The van der Waals surface area contributed by atoms with Gasteiger partial charge in [0, 0.05) is 11.2 Å². The van der Waals surface area contributed by atoms with Crippen molar-refractivity contribution >= 4 is 34.3 Å². The first-order valence-electron chi connectivity index (χ1n) is 9.93. The van der Waals surface area contributed by atoms with Gasteiger partial charge in [0.1, 0.15) is 23.8 Å². The van der Waals surface area contributed by atoms with E-state index in [0.29, 0.717) is 39.7 Å². The van der Waals surface area contributed by atoms with E-state index in [0.717, 1.165) is 0 Å². The minimum atomic E-state index is -0.737. The summed E-state index contributed by atoms with van der Waals surface area (Å²) in [5.41, 5.74) is 0.934. The van der Waals surface area contributed by atoms with Crippen molar-refractivity contribution in [1.82, 2.24) is 4.98 Å². The van der Waals surface area contributed by atoms with Gasteiger partial charge in [0.2, 0.25) is 5.76 Å². The van der Waals surface area contributed by atoms with Gasteiger partial charge in [0.15, 0.2) is 5.43 Å². The number of carbonyl (C=O) groups excluding carboxylic acids is 1. The van der Waals surface area contributed by atoms with Crippen molar-refractivity contribution in [2.24, 2.45) is 0 Å². The van der Waals surface area contributed by atoms with Crippen LogP contribution in [0.15, 0.2) is 88.7 Å². The van der Waals surface area contributed by atoms with Gasteiger partial charge in [-0.1, -0.05) is 42.5 Å². The summed E-state index contributed by atoms with van der Waals surface area (Å²) in [5, 5.41) is 0.725. The minimum absolute atomic E-state index is 0.00196. The molecule has 0 N–H and O–H groups in total. The molecule has 4 aromatic rings. The van der Waals surface area contributed by atoms with E-state index in [1.54, 1.807) is 60.8 Å². The molecule has 158 valence electrons. The zero-order valence-corrected chi connectivity index (χ0v) is 17.6. The van der Waals surface area contributed by atoms with Crippen LogP contribution in [0.2, 0.25) is 5.02 Å². The fraction of sp³-hybridized carbons (Fsp3) is 0.0800. The maximum atomic E-state index is 13.6. The van der Waals surface area contributed by atoms with Gasteiger partial charge in [-0.05, 0) is 48.0 Å². The van der Waals surface area contributed by atoms with Gasteiger partial charge in [0.25, 0.3) is 5.91 Å². The molecule has 32 heavy (non-hydrogen) atoms. The fourth-order valence-electron chi connectivity index (χ4n) is 3.92. The summed E-state index contributed by atoms with van der Waals surface area (Å²) in [7, 11) is 0. The minimum Gasteiger partial charge on any atom is -0.490 e. The zero-order chi connectivity index (χ0) is 22.2. The molecule has 2 aromatic carbocycles. The van der Waals surface area contributed by atoms with Crippen molar-refractivity contribution in [3.8, 4) is 5.75 Å². The first kappa shape index (κ1) is 20.0. The summed E-state index contributed by atoms with van der Waals surface area (Å²) in [4.78, 5) is 32.9. The molecule has 1 aliphatic rings. The lowest BCUT2D eigenvalue weighted by Crippen LogP contribution is -2.30. The number of rotatable bonds is 5. The maximum absolute atomic E-state index is 13.6. The molecule has 7 heteroatoms. The number of aromatic nitrogens is 1. The number of amides is 1. The molecule has 6 nitrogen and oxygen atoms in total. The van der Waals surface area contributed by atoms with Crippen LogP contribution in [0.3, 0.4) is 0 Å². The average molecular weight is 445 g/mol. The van der Waals surface area contributed by atoms with E-state index in [2.05, 4.69) is 11.6 Å². The first-order valence-corrected chi connectivity index (χ1v) is 10.3. The van der Waals surface area contributed by atoms with Crippen LogP contribution < -0.4 is 15.1 Å². The smallest absolute Gasteiger partial charge is 0.296 e. The molecule has 0 aliphatic carbocycles. The number of pyridine rings is 1. The largest absolute Gasteiger partial charge is 0.490 e. The number of anilines is 1. The molecule has 0 bridgehead atoms. The lowest BCUT2D eigenvalue weighted by atomic mass is 9.98. The predicted octanol–water partition coefficient (Wildman–Crippen LogP) is 5.16. The number of halogens is 1. The summed E-state index contributed by atoms with van der Waals surface area (Å²) < 4.78 is 11.6. The van der Waals surface area contributed by atoms with Crippen molar-refractivity contribution < 1.29 is 13.9 Å². The lowest BCUT2D eigenvalue weighted by molar-refractivity contribution is 0.0970. The van der Waals surface area contributed by atoms with Crippen molar-refractivity contribution in [2.45, 2.75) is 6.04 Å². The molecule has 0 fully saturated rings. The number of nitrogens with zero attached hydrogens (tertiary/aromatic N) is 2. The fourth-order valence-corrected chi connectivity index (χ4v) is 4.09. The molecule has 5 rings (SSSR count). The van der Waals surface area contributed by atoms with Crippen molar-refractivity contribution in [3.63, 3.8) is 0 Å². The van der Waals surface area contributed by atoms with Gasteiger partial charge in [-0.3, -0.25) is 14.5 Å². The number of ether oxygens (including phenoxy) is 1. The van der Waals surface area contributed by atoms with Crippen LogP contribution in [0, 0.1) is 0 Å². The van der Waals surface area contributed by atoms with Gasteiger partial charge in [-0.25, -0.2) is 4.98 Å². The second kappa shape index (κ2) is 7.98. The summed E-state index contributed by atoms with van der Waals surface area (Å²) >= 11 is 6.12. The Bertz CT molecular complexity index is 1410. The van der Waals surface area contributed by atoms with Gasteiger partial charge in [-0.15, -0.1) is 0 Å². The zero-order valence-electron chi connectivity index (χ0n) is 16.8. The van der Waals surface area contributed by atoms with Crippen LogP contribution in [0.5, 0.6) is 5.75 Å². The standard InChI is InChI=1S/C25H17ClN2O4/c1-2-12-31-17-7-5-6-15(13-17)22-21-23(29)18-14-16(26)9-10-19(18)32-24(21)25(30)28(22)20-8-3-4-11-27-20/h2-11,13-14,22H,1,12H2. The van der Waals surface area contributed by atoms with Crippen LogP contribution in [0.25, 0.3) is 11.0 Å². The molecule has 1 aliphatic heterocycles. The number of carbonyl (C=O) groups is 1.